The van der Waals surface area contributed by atoms with E-state index in [4.69, 9.17) is 21.4 Å². The third-order valence-corrected chi connectivity index (χ3v) is 4.66. The van der Waals surface area contributed by atoms with Gasteiger partial charge in [0.15, 0.2) is 0 Å². The first-order valence-electron chi connectivity index (χ1n) is 7.68. The van der Waals surface area contributed by atoms with E-state index in [-0.39, 0.29) is 24.1 Å². The second kappa shape index (κ2) is 6.37. The van der Waals surface area contributed by atoms with Gasteiger partial charge >= 0.3 is 6.09 Å². The Morgan fingerprint density at radius 1 is 1.22 bits per heavy atom. The highest BCUT2D eigenvalue weighted by Crippen LogP contribution is 2.45. The Morgan fingerprint density at radius 2 is 1.91 bits per heavy atom. The molecule has 1 aliphatic carbocycles. The molecule has 2 amide bonds. The van der Waals surface area contributed by atoms with Crippen LogP contribution in [0.15, 0.2) is 24.3 Å². The Balaban J connectivity index is 1.56. The van der Waals surface area contributed by atoms with Gasteiger partial charge in [0.25, 0.3) is 0 Å². The van der Waals surface area contributed by atoms with Crippen LogP contribution in [0.1, 0.15) is 31.2 Å². The second-order valence-corrected chi connectivity index (χ2v) is 6.56. The molecular weight excluding hydrogens is 320 g/mol. The van der Waals surface area contributed by atoms with E-state index in [2.05, 4.69) is 10.6 Å². The number of hydrogen-bond acceptors (Lipinski definition) is 3. The number of amides is 2. The zero-order chi connectivity index (χ0) is 16.4. The third kappa shape index (κ3) is 3.76. The fraction of sp³-hybridized carbons (Fsp3) is 0.500. The fourth-order valence-electron chi connectivity index (χ4n) is 2.94. The lowest BCUT2D eigenvalue weighted by atomic mass is 10.0. The number of carbonyl (C=O) groups excluding carboxylic acids is 1. The van der Waals surface area contributed by atoms with E-state index in [1.807, 2.05) is 24.3 Å². The number of rotatable bonds is 4. The molecule has 2 fully saturated rings. The first-order chi connectivity index (χ1) is 11.0. The van der Waals surface area contributed by atoms with Crippen molar-refractivity contribution in [2.24, 2.45) is 0 Å². The molecule has 2 atom stereocenters. The van der Waals surface area contributed by atoms with Crippen LogP contribution in [0, 0.1) is 0 Å². The minimum Gasteiger partial charge on any atom is -0.465 e. The first kappa shape index (κ1) is 16.1. The molecular formula is C16H19ClN2O4. The van der Waals surface area contributed by atoms with Crippen molar-refractivity contribution < 1.29 is 19.4 Å². The number of nitrogens with one attached hydrogen (secondary N) is 2. The summed E-state index contributed by atoms with van der Waals surface area (Å²) in [6, 6.07) is 7.27. The number of ether oxygens (including phenoxy) is 1. The van der Waals surface area contributed by atoms with Gasteiger partial charge in [-0.2, -0.15) is 0 Å². The van der Waals surface area contributed by atoms with Crippen LogP contribution in [0.2, 0.25) is 5.02 Å². The van der Waals surface area contributed by atoms with Gasteiger partial charge in [0, 0.05) is 5.02 Å². The van der Waals surface area contributed by atoms with E-state index in [1.54, 1.807) is 0 Å². The number of carbonyl (C=O) groups is 2. The van der Waals surface area contributed by atoms with E-state index in [9.17, 15) is 9.59 Å². The molecule has 1 aromatic rings. The van der Waals surface area contributed by atoms with Gasteiger partial charge in [0.05, 0.1) is 18.2 Å². The molecule has 3 rings (SSSR count). The molecule has 3 N–H and O–H groups in total. The van der Waals surface area contributed by atoms with Gasteiger partial charge in [-0.3, -0.25) is 4.79 Å². The zero-order valence-corrected chi connectivity index (χ0v) is 13.3. The third-order valence-electron chi connectivity index (χ3n) is 4.41. The Morgan fingerprint density at radius 3 is 2.43 bits per heavy atom. The lowest BCUT2D eigenvalue weighted by molar-refractivity contribution is -0.137. The largest absolute Gasteiger partial charge is 0.465 e. The van der Waals surface area contributed by atoms with Gasteiger partial charge in [0.1, 0.15) is 6.10 Å². The van der Waals surface area contributed by atoms with Gasteiger partial charge in [0.2, 0.25) is 5.91 Å². The zero-order valence-electron chi connectivity index (χ0n) is 12.5. The van der Waals surface area contributed by atoms with Crippen molar-refractivity contribution in [1.29, 1.82) is 0 Å². The van der Waals surface area contributed by atoms with Crippen molar-refractivity contribution in [3.8, 4) is 0 Å². The number of carboxylic acid groups (broad SMARTS) is 1. The molecule has 1 aromatic carbocycles. The molecule has 1 aliphatic heterocycles. The molecule has 1 heterocycles. The first-order valence-corrected chi connectivity index (χ1v) is 8.05. The SMILES string of the molecule is O=C(O)N[C@@H]1CC[C@@H](C(=O)NC2(c3ccc(Cl)cc3)CC2)OC1. The molecule has 0 bridgehead atoms. The molecule has 1 saturated heterocycles. The van der Waals surface area contributed by atoms with Gasteiger partial charge in [-0.05, 0) is 43.4 Å². The lowest BCUT2D eigenvalue weighted by Gasteiger charge is -2.29. The summed E-state index contributed by atoms with van der Waals surface area (Å²) in [5.41, 5.74) is 0.748. The summed E-state index contributed by atoms with van der Waals surface area (Å²) in [5, 5.41) is 14.8. The van der Waals surface area contributed by atoms with Gasteiger partial charge < -0.3 is 20.5 Å². The molecule has 0 radical (unpaired) electrons. The van der Waals surface area contributed by atoms with Crippen LogP contribution in [-0.4, -0.2) is 35.9 Å². The topological polar surface area (TPSA) is 87.7 Å². The molecule has 0 aromatic heterocycles. The minimum absolute atomic E-state index is 0.133. The summed E-state index contributed by atoms with van der Waals surface area (Å²) >= 11 is 5.90. The van der Waals surface area contributed by atoms with Gasteiger partial charge in [-0.1, -0.05) is 23.7 Å². The summed E-state index contributed by atoms with van der Waals surface area (Å²) in [6.45, 7) is 0.221. The van der Waals surface area contributed by atoms with Crippen molar-refractivity contribution in [3.05, 3.63) is 34.9 Å². The summed E-state index contributed by atoms with van der Waals surface area (Å²) < 4.78 is 5.52. The molecule has 7 heteroatoms. The predicted molar refractivity (Wildman–Crippen MR) is 84.4 cm³/mol. The van der Waals surface area contributed by atoms with Crippen LogP contribution in [0.5, 0.6) is 0 Å². The minimum atomic E-state index is -1.07. The van der Waals surface area contributed by atoms with Crippen LogP contribution < -0.4 is 10.6 Å². The van der Waals surface area contributed by atoms with E-state index in [0.717, 1.165) is 18.4 Å². The number of halogens is 1. The molecule has 23 heavy (non-hydrogen) atoms. The van der Waals surface area contributed by atoms with Crippen molar-refractivity contribution in [2.45, 2.75) is 43.4 Å². The van der Waals surface area contributed by atoms with Crippen LogP contribution in [0.4, 0.5) is 4.79 Å². The number of hydrogen-bond donors (Lipinski definition) is 3. The molecule has 2 aliphatic rings. The summed E-state index contributed by atoms with van der Waals surface area (Å²) in [7, 11) is 0. The maximum Gasteiger partial charge on any atom is 0.404 e. The Kier molecular flexibility index (Phi) is 4.46. The van der Waals surface area contributed by atoms with Gasteiger partial charge in [-0.15, -0.1) is 0 Å². The maximum absolute atomic E-state index is 12.4. The average molecular weight is 339 g/mol. The highest BCUT2D eigenvalue weighted by molar-refractivity contribution is 6.30. The summed E-state index contributed by atoms with van der Waals surface area (Å²) in [4.78, 5) is 23.0. The van der Waals surface area contributed by atoms with Crippen LogP contribution >= 0.6 is 11.6 Å². The monoisotopic (exact) mass is 338 g/mol. The number of benzene rings is 1. The Bertz CT molecular complexity index is 593. The summed E-state index contributed by atoms with van der Waals surface area (Å²) in [5.74, 6) is -0.133. The lowest BCUT2D eigenvalue weighted by Crippen LogP contribution is -2.48. The highest BCUT2D eigenvalue weighted by atomic mass is 35.5. The van der Waals surface area contributed by atoms with Gasteiger partial charge in [-0.25, -0.2) is 4.79 Å². The summed E-state index contributed by atoms with van der Waals surface area (Å²) in [6.07, 6.45) is 1.31. The van der Waals surface area contributed by atoms with Crippen molar-refractivity contribution in [1.82, 2.24) is 10.6 Å². The quantitative estimate of drug-likeness (QED) is 0.785. The van der Waals surface area contributed by atoms with Crippen molar-refractivity contribution in [3.63, 3.8) is 0 Å². The highest BCUT2D eigenvalue weighted by Gasteiger charge is 2.46. The molecule has 0 unspecified atom stereocenters. The second-order valence-electron chi connectivity index (χ2n) is 6.12. The molecule has 6 nitrogen and oxygen atoms in total. The van der Waals surface area contributed by atoms with Crippen molar-refractivity contribution in [2.75, 3.05) is 6.61 Å². The average Bonchev–Trinajstić information content (AvgIpc) is 3.28. The van der Waals surface area contributed by atoms with E-state index in [1.165, 1.54) is 0 Å². The van der Waals surface area contributed by atoms with Crippen molar-refractivity contribution >= 4 is 23.6 Å². The Labute approximate surface area is 139 Å². The smallest absolute Gasteiger partial charge is 0.404 e. The van der Waals surface area contributed by atoms with Crippen LogP contribution in [-0.2, 0) is 15.1 Å². The molecule has 124 valence electrons. The van der Waals surface area contributed by atoms with Crippen LogP contribution in [0.25, 0.3) is 0 Å². The maximum atomic E-state index is 12.4. The molecule has 1 saturated carbocycles. The normalized spacial score (nSPS) is 25.4. The standard InChI is InChI=1S/C16H19ClN2O4/c17-11-3-1-10(2-4-11)16(7-8-16)19-14(20)13-6-5-12(9-23-13)18-15(21)22/h1-4,12-13,18H,5-9H2,(H,19,20)(H,21,22)/t12-,13+/m1/s1. The molecule has 0 spiro atoms. The Hall–Kier alpha value is -1.79. The van der Waals surface area contributed by atoms with E-state index < -0.39 is 12.2 Å². The van der Waals surface area contributed by atoms with E-state index >= 15 is 0 Å². The predicted octanol–water partition coefficient (Wildman–Crippen LogP) is 2.26. The van der Waals surface area contributed by atoms with Crippen LogP contribution in [0.3, 0.4) is 0 Å². The fourth-order valence-corrected chi connectivity index (χ4v) is 3.07. The van der Waals surface area contributed by atoms with E-state index in [0.29, 0.717) is 17.9 Å².